The van der Waals surface area contributed by atoms with Gasteiger partial charge in [0.1, 0.15) is 5.02 Å². The Hall–Kier alpha value is -0.670. The molecule has 3 nitrogen and oxygen atoms in total. The van der Waals surface area contributed by atoms with Crippen LogP contribution in [0.3, 0.4) is 0 Å². The molecular formula is C5H6Cl2N2O. The highest BCUT2D eigenvalue weighted by Crippen LogP contribution is 2.03. The van der Waals surface area contributed by atoms with Crippen LogP contribution >= 0.6 is 24.0 Å². The number of nitrogens with two attached hydrogens (primary N) is 1. The summed E-state index contributed by atoms with van der Waals surface area (Å²) in [4.78, 5) is 12.9. The van der Waals surface area contributed by atoms with Crippen molar-refractivity contribution < 1.29 is 0 Å². The number of nitrogens with one attached hydrogen (secondary N) is 1. The molecule has 3 N–H and O–H groups in total. The highest BCUT2D eigenvalue weighted by Gasteiger charge is 1.92. The van der Waals surface area contributed by atoms with Crippen LogP contribution in [0.2, 0.25) is 5.02 Å². The van der Waals surface area contributed by atoms with Gasteiger partial charge in [-0.1, -0.05) is 11.6 Å². The van der Waals surface area contributed by atoms with Crippen molar-refractivity contribution in [3.8, 4) is 0 Å². The van der Waals surface area contributed by atoms with Crippen LogP contribution in [0, 0.1) is 0 Å². The molecular weight excluding hydrogens is 175 g/mol. The van der Waals surface area contributed by atoms with Crippen molar-refractivity contribution >= 4 is 29.7 Å². The number of anilines is 1. The molecule has 5 heteroatoms. The van der Waals surface area contributed by atoms with Crippen LogP contribution in [0.1, 0.15) is 0 Å². The molecule has 0 atom stereocenters. The maximum atomic E-state index is 10.5. The van der Waals surface area contributed by atoms with Gasteiger partial charge in [0.15, 0.2) is 0 Å². The number of hydrogen-bond donors (Lipinski definition) is 2. The van der Waals surface area contributed by atoms with Crippen LogP contribution in [0.5, 0.6) is 0 Å². The molecule has 10 heavy (non-hydrogen) atoms. The Bertz CT molecular complexity index is 271. The van der Waals surface area contributed by atoms with Crippen molar-refractivity contribution in [1.82, 2.24) is 4.98 Å². The summed E-state index contributed by atoms with van der Waals surface area (Å²) in [5.41, 5.74) is 5.42. The van der Waals surface area contributed by atoms with E-state index in [2.05, 4.69) is 4.98 Å². The van der Waals surface area contributed by atoms with E-state index in [9.17, 15) is 4.79 Å². The zero-order chi connectivity index (χ0) is 6.85. The Morgan fingerprint density at radius 2 is 2.20 bits per heavy atom. The first kappa shape index (κ1) is 9.33. The molecule has 0 aliphatic carbocycles. The second kappa shape index (κ2) is 3.49. The van der Waals surface area contributed by atoms with E-state index in [1.165, 1.54) is 12.3 Å². The van der Waals surface area contributed by atoms with Gasteiger partial charge in [0, 0.05) is 11.9 Å². The molecule has 0 radical (unpaired) electrons. The molecule has 56 valence electrons. The fourth-order valence-electron chi connectivity index (χ4n) is 0.471. The van der Waals surface area contributed by atoms with Crippen LogP contribution in [-0.2, 0) is 0 Å². The fourth-order valence-corrected chi connectivity index (χ4v) is 0.652. The zero-order valence-electron chi connectivity index (χ0n) is 4.93. The van der Waals surface area contributed by atoms with Crippen molar-refractivity contribution in [2.75, 3.05) is 5.73 Å². The third kappa shape index (κ3) is 1.93. The van der Waals surface area contributed by atoms with Gasteiger partial charge in [0.25, 0.3) is 5.56 Å². The molecule has 0 fully saturated rings. The molecule has 0 saturated heterocycles. The molecule has 1 aromatic rings. The highest BCUT2D eigenvalue weighted by atomic mass is 35.5. The van der Waals surface area contributed by atoms with Gasteiger partial charge in [0.2, 0.25) is 0 Å². The lowest BCUT2D eigenvalue weighted by molar-refractivity contribution is 1.24. The molecule has 1 aromatic heterocycles. The van der Waals surface area contributed by atoms with Gasteiger partial charge >= 0.3 is 0 Å². The van der Waals surface area contributed by atoms with E-state index in [1.54, 1.807) is 0 Å². The molecule has 0 amide bonds. The summed E-state index contributed by atoms with van der Waals surface area (Å²) in [6, 6.07) is 1.40. The minimum Gasteiger partial charge on any atom is -0.398 e. The summed E-state index contributed by atoms with van der Waals surface area (Å²) in [7, 11) is 0. The van der Waals surface area contributed by atoms with E-state index in [-0.39, 0.29) is 23.0 Å². The second-order valence-electron chi connectivity index (χ2n) is 1.61. The Morgan fingerprint density at radius 1 is 1.60 bits per heavy atom. The van der Waals surface area contributed by atoms with Crippen molar-refractivity contribution in [2.45, 2.75) is 0 Å². The van der Waals surface area contributed by atoms with Gasteiger partial charge in [-0.15, -0.1) is 12.4 Å². The van der Waals surface area contributed by atoms with Crippen molar-refractivity contribution in [3.05, 3.63) is 27.6 Å². The van der Waals surface area contributed by atoms with Gasteiger partial charge in [-0.25, -0.2) is 0 Å². The van der Waals surface area contributed by atoms with Gasteiger partial charge in [-0.2, -0.15) is 0 Å². The summed E-state index contributed by atoms with van der Waals surface area (Å²) >= 11 is 5.39. The van der Waals surface area contributed by atoms with E-state index in [0.717, 1.165) is 0 Å². The van der Waals surface area contributed by atoms with E-state index >= 15 is 0 Å². The average molecular weight is 181 g/mol. The van der Waals surface area contributed by atoms with E-state index in [1.807, 2.05) is 0 Å². The topological polar surface area (TPSA) is 58.9 Å². The molecule has 0 bridgehead atoms. The number of nitrogen functional groups attached to an aromatic ring is 1. The van der Waals surface area contributed by atoms with E-state index < -0.39 is 0 Å². The molecule has 0 aliphatic heterocycles. The van der Waals surface area contributed by atoms with Crippen LogP contribution in [0.4, 0.5) is 5.69 Å². The SMILES string of the molecule is Cl.Nc1c[nH]c(=O)c(Cl)c1. The monoisotopic (exact) mass is 180 g/mol. The van der Waals surface area contributed by atoms with Gasteiger partial charge in [-0.05, 0) is 6.07 Å². The smallest absolute Gasteiger partial charge is 0.266 e. The Kier molecular flexibility index (Phi) is 3.25. The second-order valence-corrected chi connectivity index (χ2v) is 2.02. The quantitative estimate of drug-likeness (QED) is 0.627. The van der Waals surface area contributed by atoms with Crippen molar-refractivity contribution in [3.63, 3.8) is 0 Å². The number of aromatic amines is 1. The van der Waals surface area contributed by atoms with E-state index in [0.29, 0.717) is 5.69 Å². The normalized spacial score (nSPS) is 8.50. The molecule has 1 rings (SSSR count). The molecule has 0 spiro atoms. The van der Waals surface area contributed by atoms with Crippen molar-refractivity contribution in [2.24, 2.45) is 0 Å². The van der Waals surface area contributed by atoms with Gasteiger partial charge < -0.3 is 10.7 Å². The summed E-state index contributed by atoms with van der Waals surface area (Å²) in [5.74, 6) is 0. The van der Waals surface area contributed by atoms with Crippen molar-refractivity contribution in [1.29, 1.82) is 0 Å². The Balaban J connectivity index is 0.000000810. The molecule has 0 aromatic carbocycles. The molecule has 0 saturated carbocycles. The maximum absolute atomic E-state index is 10.5. The summed E-state index contributed by atoms with van der Waals surface area (Å²) < 4.78 is 0. The summed E-state index contributed by atoms with van der Waals surface area (Å²) in [6.45, 7) is 0. The first-order valence-corrected chi connectivity index (χ1v) is 2.71. The number of halogens is 2. The molecule has 0 unspecified atom stereocenters. The maximum Gasteiger partial charge on any atom is 0.266 e. The van der Waals surface area contributed by atoms with Crippen LogP contribution in [0.15, 0.2) is 17.1 Å². The summed E-state index contributed by atoms with van der Waals surface area (Å²) in [5, 5.41) is 0.120. The number of hydrogen-bond acceptors (Lipinski definition) is 2. The third-order valence-electron chi connectivity index (χ3n) is 0.880. The molecule has 1 heterocycles. The lowest BCUT2D eigenvalue weighted by Crippen LogP contribution is -2.05. The Morgan fingerprint density at radius 3 is 2.60 bits per heavy atom. The number of rotatable bonds is 0. The minimum absolute atomic E-state index is 0. The number of H-pyrrole nitrogens is 1. The van der Waals surface area contributed by atoms with Crippen LogP contribution in [0.25, 0.3) is 0 Å². The standard InChI is InChI=1S/C5H5ClN2O.ClH/c6-4-1-3(7)2-8-5(4)9;/h1-2H,7H2,(H,8,9);1H. The first-order valence-electron chi connectivity index (χ1n) is 2.34. The predicted octanol–water partition coefficient (Wildman–Crippen LogP) is 1.03. The van der Waals surface area contributed by atoms with E-state index in [4.69, 9.17) is 17.3 Å². The zero-order valence-corrected chi connectivity index (χ0v) is 6.50. The minimum atomic E-state index is -0.314. The predicted molar refractivity (Wildman–Crippen MR) is 43.7 cm³/mol. The fraction of sp³-hybridized carbons (Fsp3) is 0. The lowest BCUT2D eigenvalue weighted by atomic mass is 10.4. The average Bonchev–Trinajstić information content (AvgIpc) is 1.80. The van der Waals surface area contributed by atoms with Gasteiger partial charge in [0.05, 0.1) is 0 Å². The van der Waals surface area contributed by atoms with Crippen LogP contribution < -0.4 is 11.3 Å². The number of aromatic nitrogens is 1. The largest absolute Gasteiger partial charge is 0.398 e. The first-order chi connectivity index (χ1) is 4.20. The lowest BCUT2D eigenvalue weighted by Gasteiger charge is -1.89. The van der Waals surface area contributed by atoms with Gasteiger partial charge in [-0.3, -0.25) is 4.79 Å². The third-order valence-corrected chi connectivity index (χ3v) is 1.16. The highest BCUT2D eigenvalue weighted by molar-refractivity contribution is 6.30. The summed E-state index contributed by atoms with van der Waals surface area (Å²) in [6.07, 6.45) is 1.40. The Labute approximate surface area is 68.6 Å². The van der Waals surface area contributed by atoms with Crippen LogP contribution in [-0.4, -0.2) is 4.98 Å². The molecule has 0 aliphatic rings. The number of pyridine rings is 1.